The molecule has 11 heavy (non-hydrogen) atoms. The summed E-state index contributed by atoms with van der Waals surface area (Å²) in [4.78, 5) is 14.6. The zero-order valence-corrected chi connectivity index (χ0v) is 6.46. The van der Waals surface area contributed by atoms with Crippen LogP contribution in [0.15, 0.2) is 17.4 Å². The summed E-state index contributed by atoms with van der Waals surface area (Å²) in [5.41, 5.74) is -0.470. The van der Waals surface area contributed by atoms with Gasteiger partial charge in [0.25, 0.3) is 0 Å². The SMILES string of the molecule is CC1=NC=CNC1(C)C(=O)O. The van der Waals surface area contributed by atoms with E-state index >= 15 is 0 Å². The summed E-state index contributed by atoms with van der Waals surface area (Å²) in [5.74, 6) is -0.914. The largest absolute Gasteiger partial charge is 0.479 e. The van der Waals surface area contributed by atoms with Crippen LogP contribution in [-0.4, -0.2) is 22.3 Å². The van der Waals surface area contributed by atoms with Gasteiger partial charge in [-0.25, -0.2) is 4.79 Å². The highest BCUT2D eigenvalue weighted by Crippen LogP contribution is 2.10. The lowest BCUT2D eigenvalue weighted by Gasteiger charge is -2.26. The van der Waals surface area contributed by atoms with Crippen LogP contribution < -0.4 is 5.32 Å². The number of nitrogens with one attached hydrogen (secondary N) is 1. The summed E-state index contributed by atoms with van der Waals surface area (Å²) in [6, 6.07) is 0. The average molecular weight is 154 g/mol. The Morgan fingerprint density at radius 1 is 1.82 bits per heavy atom. The van der Waals surface area contributed by atoms with Crippen molar-refractivity contribution in [2.45, 2.75) is 19.4 Å². The number of aliphatic carboxylic acids is 1. The molecule has 0 radical (unpaired) electrons. The molecule has 1 aliphatic rings. The second-order valence-corrected chi connectivity index (χ2v) is 2.60. The fourth-order valence-corrected chi connectivity index (χ4v) is 0.803. The molecule has 1 heterocycles. The van der Waals surface area contributed by atoms with Crippen LogP contribution >= 0.6 is 0 Å². The highest BCUT2D eigenvalue weighted by atomic mass is 16.4. The topological polar surface area (TPSA) is 61.7 Å². The van der Waals surface area contributed by atoms with Gasteiger partial charge in [-0.3, -0.25) is 4.99 Å². The Morgan fingerprint density at radius 3 is 2.82 bits per heavy atom. The summed E-state index contributed by atoms with van der Waals surface area (Å²) >= 11 is 0. The van der Waals surface area contributed by atoms with Gasteiger partial charge in [0.2, 0.25) is 0 Å². The summed E-state index contributed by atoms with van der Waals surface area (Å²) < 4.78 is 0. The van der Waals surface area contributed by atoms with Crippen molar-refractivity contribution < 1.29 is 9.90 Å². The zero-order chi connectivity index (χ0) is 8.48. The van der Waals surface area contributed by atoms with E-state index in [0.717, 1.165) is 0 Å². The van der Waals surface area contributed by atoms with Crippen molar-refractivity contribution >= 4 is 11.7 Å². The highest BCUT2D eigenvalue weighted by Gasteiger charge is 2.36. The first-order chi connectivity index (χ1) is 5.07. The fraction of sp³-hybridized carbons (Fsp3) is 0.429. The second kappa shape index (κ2) is 2.38. The molecular formula is C7H10N2O2. The van der Waals surface area contributed by atoms with Crippen molar-refractivity contribution in [3.05, 3.63) is 12.4 Å². The van der Waals surface area contributed by atoms with Crippen LogP contribution in [0.25, 0.3) is 0 Å². The summed E-state index contributed by atoms with van der Waals surface area (Å²) in [6.07, 6.45) is 3.07. The predicted octanol–water partition coefficient (Wildman–Crippen LogP) is 0.365. The maximum Gasteiger partial charge on any atom is 0.335 e. The lowest BCUT2D eigenvalue weighted by atomic mass is 9.96. The third kappa shape index (κ3) is 1.11. The number of carbonyl (C=O) groups is 1. The summed E-state index contributed by atoms with van der Waals surface area (Å²) in [5, 5.41) is 11.5. The van der Waals surface area contributed by atoms with Gasteiger partial charge in [-0.15, -0.1) is 0 Å². The molecule has 1 aliphatic heterocycles. The molecule has 2 N–H and O–H groups in total. The minimum absolute atomic E-state index is 0.563. The first-order valence-electron chi connectivity index (χ1n) is 3.28. The second-order valence-electron chi connectivity index (χ2n) is 2.60. The first-order valence-corrected chi connectivity index (χ1v) is 3.28. The molecule has 0 saturated heterocycles. The van der Waals surface area contributed by atoms with Gasteiger partial charge in [-0.1, -0.05) is 0 Å². The van der Waals surface area contributed by atoms with Crippen molar-refractivity contribution in [3.63, 3.8) is 0 Å². The van der Waals surface area contributed by atoms with Gasteiger partial charge in [0.15, 0.2) is 5.54 Å². The molecule has 0 aromatic heterocycles. The number of aliphatic imine (C=N–C) groups is 1. The van der Waals surface area contributed by atoms with Crippen molar-refractivity contribution in [1.29, 1.82) is 0 Å². The third-order valence-electron chi connectivity index (χ3n) is 1.87. The molecule has 0 aromatic carbocycles. The van der Waals surface area contributed by atoms with E-state index in [1.807, 2.05) is 0 Å². The van der Waals surface area contributed by atoms with Crippen LogP contribution in [0.5, 0.6) is 0 Å². The van der Waals surface area contributed by atoms with E-state index in [-0.39, 0.29) is 0 Å². The Balaban J connectivity index is 2.97. The maximum atomic E-state index is 10.7. The first kappa shape index (κ1) is 7.78. The van der Waals surface area contributed by atoms with Gasteiger partial charge in [-0.2, -0.15) is 0 Å². The molecule has 60 valence electrons. The fourth-order valence-electron chi connectivity index (χ4n) is 0.803. The van der Waals surface area contributed by atoms with Crippen LogP contribution in [-0.2, 0) is 4.79 Å². The zero-order valence-electron chi connectivity index (χ0n) is 6.46. The molecule has 0 aromatic rings. The molecule has 0 spiro atoms. The van der Waals surface area contributed by atoms with Gasteiger partial charge in [-0.05, 0) is 13.8 Å². The van der Waals surface area contributed by atoms with Crippen molar-refractivity contribution in [1.82, 2.24) is 5.32 Å². The standard InChI is InChI=1S/C7H10N2O2/c1-5-7(2,6(10)11)9-4-3-8-5/h3-4,9H,1-2H3,(H,10,11). The number of rotatable bonds is 1. The molecule has 1 atom stereocenters. The van der Waals surface area contributed by atoms with Crippen molar-refractivity contribution in [2.24, 2.45) is 4.99 Å². The van der Waals surface area contributed by atoms with Crippen molar-refractivity contribution in [2.75, 3.05) is 0 Å². The Bertz CT molecular complexity index is 245. The summed E-state index contributed by atoms with van der Waals surface area (Å²) in [7, 11) is 0. The minimum atomic E-state index is -1.03. The van der Waals surface area contributed by atoms with Crippen LogP contribution in [0.4, 0.5) is 0 Å². The number of hydrogen-bond acceptors (Lipinski definition) is 3. The van der Waals surface area contributed by atoms with Gasteiger partial charge in [0.05, 0.1) is 5.71 Å². The van der Waals surface area contributed by atoms with Crippen LogP contribution in [0.1, 0.15) is 13.8 Å². The molecule has 0 bridgehead atoms. The van der Waals surface area contributed by atoms with Gasteiger partial charge >= 0.3 is 5.97 Å². The molecule has 0 aliphatic carbocycles. The number of carboxylic acid groups (broad SMARTS) is 1. The Kier molecular flexibility index (Phi) is 1.68. The highest BCUT2D eigenvalue weighted by molar-refractivity contribution is 6.09. The van der Waals surface area contributed by atoms with E-state index in [1.54, 1.807) is 20.0 Å². The van der Waals surface area contributed by atoms with Gasteiger partial charge in [0.1, 0.15) is 0 Å². The van der Waals surface area contributed by atoms with E-state index in [2.05, 4.69) is 10.3 Å². The van der Waals surface area contributed by atoms with E-state index in [1.165, 1.54) is 6.20 Å². The monoisotopic (exact) mass is 154 g/mol. The van der Waals surface area contributed by atoms with E-state index in [4.69, 9.17) is 5.11 Å². The molecule has 0 amide bonds. The molecule has 0 saturated carbocycles. The smallest absolute Gasteiger partial charge is 0.335 e. The van der Waals surface area contributed by atoms with Crippen molar-refractivity contribution in [3.8, 4) is 0 Å². The van der Waals surface area contributed by atoms with E-state index < -0.39 is 11.5 Å². The quantitative estimate of drug-likeness (QED) is 0.573. The normalized spacial score (nSPS) is 29.1. The number of carboxylic acids is 1. The molecule has 4 nitrogen and oxygen atoms in total. The lowest BCUT2D eigenvalue weighted by Crippen LogP contribution is -2.53. The molecule has 4 heteroatoms. The van der Waals surface area contributed by atoms with E-state index in [0.29, 0.717) is 5.71 Å². The Hall–Kier alpha value is -1.32. The molecule has 1 rings (SSSR count). The molecule has 1 unspecified atom stereocenters. The lowest BCUT2D eigenvalue weighted by molar-refractivity contribution is -0.140. The number of hydrogen-bond donors (Lipinski definition) is 2. The average Bonchev–Trinajstić information content (AvgIpc) is 1.95. The maximum absolute atomic E-state index is 10.7. The summed E-state index contributed by atoms with van der Waals surface area (Å²) in [6.45, 7) is 3.27. The number of nitrogens with zero attached hydrogens (tertiary/aromatic N) is 1. The Morgan fingerprint density at radius 2 is 2.45 bits per heavy atom. The van der Waals surface area contributed by atoms with Crippen LogP contribution in [0, 0.1) is 0 Å². The third-order valence-corrected chi connectivity index (χ3v) is 1.87. The van der Waals surface area contributed by atoms with Crippen LogP contribution in [0.3, 0.4) is 0 Å². The van der Waals surface area contributed by atoms with Gasteiger partial charge < -0.3 is 10.4 Å². The molecule has 0 fully saturated rings. The molecular weight excluding hydrogens is 144 g/mol. The van der Waals surface area contributed by atoms with Gasteiger partial charge in [0, 0.05) is 12.4 Å². The Labute approximate surface area is 64.6 Å². The van der Waals surface area contributed by atoms with E-state index in [9.17, 15) is 4.79 Å². The van der Waals surface area contributed by atoms with Crippen LogP contribution in [0.2, 0.25) is 0 Å². The predicted molar refractivity (Wildman–Crippen MR) is 41.4 cm³/mol. The minimum Gasteiger partial charge on any atom is -0.479 e.